The average Bonchev–Trinajstić information content (AvgIpc) is 2.83. The Bertz CT molecular complexity index is 723. The number of aromatic carboxylic acids is 1. The molecule has 1 aliphatic heterocycles. The van der Waals surface area contributed by atoms with Crippen molar-refractivity contribution in [1.82, 2.24) is 9.78 Å². The lowest BCUT2D eigenvalue weighted by molar-refractivity contribution is -0.121. The van der Waals surface area contributed by atoms with Gasteiger partial charge < -0.3 is 9.84 Å². The summed E-state index contributed by atoms with van der Waals surface area (Å²) in [6.07, 6.45) is 1.29. The van der Waals surface area contributed by atoms with Crippen LogP contribution in [0.1, 0.15) is 16.1 Å². The van der Waals surface area contributed by atoms with Crippen molar-refractivity contribution in [2.75, 3.05) is 11.5 Å². The highest BCUT2D eigenvalue weighted by Crippen LogP contribution is 2.32. The minimum atomic E-state index is -1.06. The van der Waals surface area contributed by atoms with Crippen molar-refractivity contribution in [2.45, 2.75) is 6.54 Å². The number of amides is 1. The van der Waals surface area contributed by atoms with Crippen molar-refractivity contribution < 1.29 is 19.4 Å². The Balaban J connectivity index is 2.00. The van der Waals surface area contributed by atoms with Crippen molar-refractivity contribution in [1.29, 1.82) is 0 Å². The van der Waals surface area contributed by atoms with Crippen molar-refractivity contribution >= 4 is 17.6 Å². The molecule has 1 aromatic carbocycles. The minimum absolute atomic E-state index is 0.0583. The molecule has 0 spiro atoms. The summed E-state index contributed by atoms with van der Waals surface area (Å²) in [6.45, 7) is 0.0780. The van der Waals surface area contributed by atoms with E-state index >= 15 is 0 Å². The SMILES string of the molecule is Cn1ncc(C(=O)O)c1CN1C(=O)COc2ccccc21. The number of para-hydroxylation sites is 2. The van der Waals surface area contributed by atoms with Gasteiger partial charge in [0.15, 0.2) is 6.61 Å². The van der Waals surface area contributed by atoms with E-state index in [2.05, 4.69) is 5.10 Å². The van der Waals surface area contributed by atoms with Crippen molar-refractivity contribution in [3.8, 4) is 5.75 Å². The van der Waals surface area contributed by atoms with Gasteiger partial charge in [0, 0.05) is 7.05 Å². The largest absolute Gasteiger partial charge is 0.482 e. The molecule has 0 unspecified atom stereocenters. The molecule has 0 fully saturated rings. The summed E-state index contributed by atoms with van der Waals surface area (Å²) in [6, 6.07) is 7.16. The third kappa shape index (κ3) is 2.22. The molecule has 2 aromatic rings. The van der Waals surface area contributed by atoms with Crippen LogP contribution in [0.2, 0.25) is 0 Å². The Morgan fingerprint density at radius 2 is 2.19 bits per heavy atom. The van der Waals surface area contributed by atoms with Crippen LogP contribution in [0.4, 0.5) is 5.69 Å². The average molecular weight is 287 g/mol. The van der Waals surface area contributed by atoms with E-state index in [0.29, 0.717) is 17.1 Å². The van der Waals surface area contributed by atoms with Crippen LogP contribution < -0.4 is 9.64 Å². The van der Waals surface area contributed by atoms with Gasteiger partial charge >= 0.3 is 5.97 Å². The van der Waals surface area contributed by atoms with E-state index in [1.54, 1.807) is 25.2 Å². The number of hydrogen-bond donors (Lipinski definition) is 1. The molecule has 21 heavy (non-hydrogen) atoms. The van der Waals surface area contributed by atoms with Gasteiger partial charge in [0.25, 0.3) is 5.91 Å². The third-order valence-electron chi connectivity index (χ3n) is 3.41. The Hall–Kier alpha value is -2.83. The summed E-state index contributed by atoms with van der Waals surface area (Å²) >= 11 is 0. The maximum atomic E-state index is 12.1. The van der Waals surface area contributed by atoms with Gasteiger partial charge in [-0.1, -0.05) is 12.1 Å². The number of benzene rings is 1. The predicted molar refractivity (Wildman–Crippen MR) is 73.3 cm³/mol. The zero-order valence-corrected chi connectivity index (χ0v) is 11.3. The number of nitrogens with zero attached hydrogens (tertiary/aromatic N) is 3. The highest BCUT2D eigenvalue weighted by molar-refractivity contribution is 5.98. The smallest absolute Gasteiger partial charge is 0.339 e. The van der Waals surface area contributed by atoms with Crippen molar-refractivity contribution in [3.05, 3.63) is 41.7 Å². The Kier molecular flexibility index (Phi) is 3.09. The van der Waals surface area contributed by atoms with Crippen LogP contribution in [0.15, 0.2) is 30.5 Å². The Labute approximate surface area is 120 Å². The summed E-state index contributed by atoms with van der Waals surface area (Å²) in [5, 5.41) is 13.1. The lowest BCUT2D eigenvalue weighted by atomic mass is 10.2. The van der Waals surface area contributed by atoms with E-state index < -0.39 is 5.97 Å². The first-order valence-electron chi connectivity index (χ1n) is 6.34. The highest BCUT2D eigenvalue weighted by atomic mass is 16.5. The standard InChI is InChI=1S/C14H13N3O4/c1-16-11(9(6-15-16)14(19)20)7-17-10-4-2-3-5-12(10)21-8-13(17)18/h2-6H,7-8H2,1H3,(H,19,20). The number of hydrogen-bond acceptors (Lipinski definition) is 4. The molecule has 108 valence electrons. The summed E-state index contributed by atoms with van der Waals surface area (Å²) in [7, 11) is 1.65. The van der Waals surface area contributed by atoms with E-state index in [4.69, 9.17) is 4.74 Å². The minimum Gasteiger partial charge on any atom is -0.482 e. The third-order valence-corrected chi connectivity index (χ3v) is 3.41. The molecule has 0 saturated heterocycles. The van der Waals surface area contributed by atoms with Gasteiger partial charge in [0.2, 0.25) is 0 Å². The molecule has 1 aliphatic rings. The summed E-state index contributed by atoms with van der Waals surface area (Å²) in [4.78, 5) is 24.8. The molecule has 2 heterocycles. The molecule has 0 saturated carbocycles. The summed E-state index contributed by atoms with van der Waals surface area (Å²) < 4.78 is 6.83. The summed E-state index contributed by atoms with van der Waals surface area (Å²) in [5.41, 5.74) is 1.19. The van der Waals surface area contributed by atoms with Crippen LogP contribution in [0.3, 0.4) is 0 Å². The molecule has 0 atom stereocenters. The molecule has 7 heteroatoms. The second-order valence-electron chi connectivity index (χ2n) is 4.67. The Morgan fingerprint density at radius 3 is 2.95 bits per heavy atom. The van der Waals surface area contributed by atoms with E-state index in [0.717, 1.165) is 0 Å². The number of carboxylic acid groups (broad SMARTS) is 1. The van der Waals surface area contributed by atoms with E-state index in [1.165, 1.54) is 15.8 Å². The van der Waals surface area contributed by atoms with Crippen molar-refractivity contribution in [3.63, 3.8) is 0 Å². The van der Waals surface area contributed by atoms with Crippen LogP contribution >= 0.6 is 0 Å². The van der Waals surface area contributed by atoms with E-state index in [9.17, 15) is 14.7 Å². The van der Waals surface area contributed by atoms with Crippen LogP contribution in [-0.2, 0) is 18.4 Å². The molecule has 1 aromatic heterocycles. The normalized spacial score (nSPS) is 13.8. The number of carbonyl (C=O) groups excluding carboxylic acids is 1. The molecule has 1 amide bonds. The van der Waals surface area contributed by atoms with Gasteiger partial charge in [0.1, 0.15) is 11.3 Å². The molecule has 0 radical (unpaired) electrons. The summed E-state index contributed by atoms with van der Waals surface area (Å²) in [5.74, 6) is -0.672. The van der Waals surface area contributed by atoms with Gasteiger partial charge in [-0.3, -0.25) is 14.4 Å². The van der Waals surface area contributed by atoms with Crippen LogP contribution in [0, 0.1) is 0 Å². The molecular formula is C14H13N3O4. The number of aromatic nitrogens is 2. The monoisotopic (exact) mass is 287 g/mol. The lowest BCUT2D eigenvalue weighted by Gasteiger charge is -2.29. The predicted octanol–water partition coefficient (Wildman–Crippen LogP) is 1.04. The van der Waals surface area contributed by atoms with Gasteiger partial charge in [-0.15, -0.1) is 0 Å². The number of carboxylic acids is 1. The maximum absolute atomic E-state index is 12.1. The van der Waals surface area contributed by atoms with Crippen molar-refractivity contribution in [2.24, 2.45) is 7.05 Å². The van der Waals surface area contributed by atoms with Crippen LogP contribution in [0.5, 0.6) is 5.75 Å². The molecular weight excluding hydrogens is 274 g/mol. The number of rotatable bonds is 3. The molecule has 0 bridgehead atoms. The topological polar surface area (TPSA) is 84.7 Å². The quantitative estimate of drug-likeness (QED) is 0.912. The maximum Gasteiger partial charge on any atom is 0.339 e. The first-order valence-corrected chi connectivity index (χ1v) is 6.34. The highest BCUT2D eigenvalue weighted by Gasteiger charge is 2.28. The lowest BCUT2D eigenvalue weighted by Crippen LogP contribution is -2.39. The molecule has 3 rings (SSSR count). The first-order chi connectivity index (χ1) is 10.1. The molecule has 7 nitrogen and oxygen atoms in total. The number of carbonyl (C=O) groups is 2. The van der Waals surface area contributed by atoms with Crippen LogP contribution in [0.25, 0.3) is 0 Å². The number of fused-ring (bicyclic) bond motifs is 1. The number of ether oxygens (including phenoxy) is 1. The van der Waals surface area contributed by atoms with Gasteiger partial charge in [-0.2, -0.15) is 5.10 Å². The number of anilines is 1. The first kappa shape index (κ1) is 13.2. The molecule has 1 N–H and O–H groups in total. The van der Waals surface area contributed by atoms with E-state index in [1.807, 2.05) is 6.07 Å². The fourth-order valence-electron chi connectivity index (χ4n) is 2.31. The second-order valence-corrected chi connectivity index (χ2v) is 4.67. The zero-order valence-electron chi connectivity index (χ0n) is 11.3. The van der Waals surface area contributed by atoms with Crippen LogP contribution in [-0.4, -0.2) is 33.4 Å². The zero-order chi connectivity index (χ0) is 15.0. The second kappa shape index (κ2) is 4.93. The fourth-order valence-corrected chi connectivity index (χ4v) is 2.31. The van der Waals surface area contributed by atoms with Gasteiger partial charge in [0.05, 0.1) is 24.1 Å². The van der Waals surface area contributed by atoms with Gasteiger partial charge in [-0.05, 0) is 12.1 Å². The number of aryl methyl sites for hydroxylation is 1. The Morgan fingerprint density at radius 1 is 1.43 bits per heavy atom. The fraction of sp³-hybridized carbons (Fsp3) is 0.214. The van der Waals surface area contributed by atoms with Gasteiger partial charge in [-0.25, -0.2) is 4.79 Å². The molecule has 0 aliphatic carbocycles. The van der Waals surface area contributed by atoms with E-state index in [-0.39, 0.29) is 24.6 Å².